The van der Waals surface area contributed by atoms with Crippen LogP contribution < -0.4 is 10.0 Å². The topological polar surface area (TPSA) is 88.2 Å². The predicted octanol–water partition coefficient (Wildman–Crippen LogP) is 3.99. The summed E-state index contributed by atoms with van der Waals surface area (Å²) in [4.78, 5) is 16.8. The van der Waals surface area contributed by atoms with Crippen molar-refractivity contribution in [1.82, 2.24) is 10.3 Å². The van der Waals surface area contributed by atoms with Crippen LogP contribution in [0.2, 0.25) is 0 Å². The molecule has 3 rings (SSSR count). The molecule has 1 amide bonds. The highest BCUT2D eigenvalue weighted by Gasteiger charge is 2.17. The molecule has 0 spiro atoms. The zero-order chi connectivity index (χ0) is 21.0. The molecule has 150 valence electrons. The van der Waals surface area contributed by atoms with E-state index in [2.05, 4.69) is 15.0 Å². The van der Waals surface area contributed by atoms with Gasteiger partial charge in [-0.1, -0.05) is 18.2 Å². The first-order valence-electron chi connectivity index (χ1n) is 9.19. The van der Waals surface area contributed by atoms with Crippen molar-refractivity contribution in [1.29, 1.82) is 0 Å². The molecule has 0 saturated carbocycles. The first-order valence-corrected chi connectivity index (χ1v) is 10.7. The number of rotatable bonds is 6. The number of benzene rings is 2. The van der Waals surface area contributed by atoms with E-state index in [0.29, 0.717) is 11.3 Å². The maximum absolute atomic E-state index is 12.7. The van der Waals surface area contributed by atoms with E-state index in [1.54, 1.807) is 18.3 Å². The normalized spacial score (nSPS) is 12.2. The molecule has 0 aliphatic carbocycles. The second-order valence-electron chi connectivity index (χ2n) is 6.83. The van der Waals surface area contributed by atoms with Crippen LogP contribution >= 0.6 is 0 Å². The summed E-state index contributed by atoms with van der Waals surface area (Å²) < 4.78 is 28.0. The Morgan fingerprint density at radius 1 is 0.966 bits per heavy atom. The first kappa shape index (κ1) is 20.5. The van der Waals surface area contributed by atoms with Gasteiger partial charge >= 0.3 is 0 Å². The Labute approximate surface area is 171 Å². The largest absolute Gasteiger partial charge is 0.344 e. The second-order valence-corrected chi connectivity index (χ2v) is 8.51. The highest BCUT2D eigenvalue weighted by Crippen LogP contribution is 2.22. The minimum atomic E-state index is -3.75. The zero-order valence-corrected chi connectivity index (χ0v) is 17.3. The summed E-state index contributed by atoms with van der Waals surface area (Å²) in [7, 11) is -3.75. The van der Waals surface area contributed by atoms with Gasteiger partial charge in [0, 0.05) is 11.8 Å². The van der Waals surface area contributed by atoms with E-state index in [4.69, 9.17) is 0 Å². The van der Waals surface area contributed by atoms with E-state index in [1.807, 2.05) is 45.0 Å². The fraction of sp³-hybridized carbons (Fsp3) is 0.182. The number of amides is 1. The van der Waals surface area contributed by atoms with Gasteiger partial charge in [0.2, 0.25) is 0 Å². The molecular formula is C22H23N3O3S. The fourth-order valence-corrected chi connectivity index (χ4v) is 3.96. The number of pyridine rings is 1. The van der Waals surface area contributed by atoms with Gasteiger partial charge < -0.3 is 5.32 Å². The Morgan fingerprint density at radius 2 is 1.69 bits per heavy atom. The molecule has 6 nitrogen and oxygen atoms in total. The second kappa shape index (κ2) is 8.45. The van der Waals surface area contributed by atoms with Gasteiger partial charge in [-0.15, -0.1) is 0 Å². The smallest absolute Gasteiger partial charge is 0.261 e. The highest BCUT2D eigenvalue weighted by molar-refractivity contribution is 7.92. The summed E-state index contributed by atoms with van der Waals surface area (Å²) in [5, 5.41) is 2.86. The summed E-state index contributed by atoms with van der Waals surface area (Å²) in [6.45, 7) is 5.63. The number of hydrogen-bond acceptors (Lipinski definition) is 4. The molecule has 3 aromatic rings. The molecule has 0 radical (unpaired) electrons. The van der Waals surface area contributed by atoms with Gasteiger partial charge in [-0.25, -0.2) is 8.42 Å². The van der Waals surface area contributed by atoms with Crippen molar-refractivity contribution in [2.24, 2.45) is 0 Å². The molecule has 29 heavy (non-hydrogen) atoms. The van der Waals surface area contributed by atoms with E-state index in [0.717, 1.165) is 16.8 Å². The third-order valence-electron chi connectivity index (χ3n) is 4.75. The molecule has 0 aliphatic rings. The summed E-state index contributed by atoms with van der Waals surface area (Å²) >= 11 is 0. The van der Waals surface area contributed by atoms with Crippen LogP contribution in [0, 0.1) is 13.8 Å². The van der Waals surface area contributed by atoms with Crippen LogP contribution in [0.1, 0.15) is 40.1 Å². The van der Waals surface area contributed by atoms with Crippen LogP contribution in [0.3, 0.4) is 0 Å². The van der Waals surface area contributed by atoms with Crippen LogP contribution in [0.5, 0.6) is 0 Å². The highest BCUT2D eigenvalue weighted by atomic mass is 32.2. The Morgan fingerprint density at radius 3 is 2.34 bits per heavy atom. The molecule has 1 atom stereocenters. The Hall–Kier alpha value is -3.19. The van der Waals surface area contributed by atoms with E-state index < -0.39 is 10.0 Å². The van der Waals surface area contributed by atoms with Crippen molar-refractivity contribution in [3.05, 3.63) is 89.2 Å². The van der Waals surface area contributed by atoms with Crippen LogP contribution in [0.15, 0.2) is 71.8 Å². The third-order valence-corrected chi connectivity index (χ3v) is 6.14. The number of aryl methyl sites for hydroxylation is 1. The van der Waals surface area contributed by atoms with Crippen molar-refractivity contribution in [3.8, 4) is 0 Å². The molecular weight excluding hydrogens is 386 g/mol. The molecule has 2 aromatic carbocycles. The van der Waals surface area contributed by atoms with Gasteiger partial charge in [-0.3, -0.25) is 14.5 Å². The van der Waals surface area contributed by atoms with E-state index >= 15 is 0 Å². The summed E-state index contributed by atoms with van der Waals surface area (Å²) in [5.74, 6) is -0.297. The van der Waals surface area contributed by atoms with Crippen LogP contribution in [0.4, 0.5) is 5.69 Å². The van der Waals surface area contributed by atoms with Crippen molar-refractivity contribution in [2.75, 3.05) is 4.72 Å². The first-order chi connectivity index (χ1) is 13.8. The van der Waals surface area contributed by atoms with Gasteiger partial charge in [-0.05, 0) is 74.4 Å². The van der Waals surface area contributed by atoms with Crippen molar-refractivity contribution in [2.45, 2.75) is 31.7 Å². The van der Waals surface area contributed by atoms with Crippen molar-refractivity contribution < 1.29 is 13.2 Å². The maximum Gasteiger partial charge on any atom is 0.261 e. The number of carbonyl (C=O) groups excluding carboxylic acids is 1. The minimum absolute atomic E-state index is 0.0905. The number of carbonyl (C=O) groups is 1. The quantitative estimate of drug-likeness (QED) is 0.644. The van der Waals surface area contributed by atoms with E-state index in [-0.39, 0.29) is 16.8 Å². The summed E-state index contributed by atoms with van der Waals surface area (Å²) in [6, 6.07) is 16.5. The van der Waals surface area contributed by atoms with Crippen LogP contribution in [-0.2, 0) is 10.0 Å². The van der Waals surface area contributed by atoms with E-state index in [9.17, 15) is 13.2 Å². The Kier molecular flexibility index (Phi) is 5.98. The molecule has 0 fully saturated rings. The molecule has 0 saturated heterocycles. The van der Waals surface area contributed by atoms with Gasteiger partial charge in [0.15, 0.2) is 0 Å². The lowest BCUT2D eigenvalue weighted by Crippen LogP contribution is -2.27. The molecule has 1 heterocycles. The summed E-state index contributed by atoms with van der Waals surface area (Å²) in [6.07, 6.45) is 1.67. The molecule has 0 bridgehead atoms. The van der Waals surface area contributed by atoms with Crippen LogP contribution in [0.25, 0.3) is 0 Å². The average Bonchev–Trinajstić information content (AvgIpc) is 2.72. The SMILES string of the molecule is Cc1cccc(NS(=O)(=O)c2ccc(C(=O)N[C@H](C)c3ccccn3)cc2)c1C. The Bertz CT molecular complexity index is 1110. The zero-order valence-electron chi connectivity index (χ0n) is 16.5. The van der Waals surface area contributed by atoms with Gasteiger partial charge in [0.25, 0.3) is 15.9 Å². The number of sulfonamides is 1. The van der Waals surface area contributed by atoms with Crippen molar-refractivity contribution in [3.63, 3.8) is 0 Å². The number of nitrogens with one attached hydrogen (secondary N) is 2. The van der Waals surface area contributed by atoms with Gasteiger partial charge in [0.05, 0.1) is 22.3 Å². The van der Waals surface area contributed by atoms with Crippen LogP contribution in [-0.4, -0.2) is 19.3 Å². The maximum atomic E-state index is 12.7. The number of anilines is 1. The predicted molar refractivity (Wildman–Crippen MR) is 113 cm³/mol. The lowest BCUT2D eigenvalue weighted by molar-refractivity contribution is 0.0939. The molecule has 1 aromatic heterocycles. The lowest BCUT2D eigenvalue weighted by Gasteiger charge is -2.14. The van der Waals surface area contributed by atoms with Gasteiger partial charge in [0.1, 0.15) is 0 Å². The summed E-state index contributed by atoms with van der Waals surface area (Å²) in [5.41, 5.74) is 3.53. The molecule has 2 N–H and O–H groups in total. The number of aromatic nitrogens is 1. The van der Waals surface area contributed by atoms with E-state index in [1.165, 1.54) is 24.3 Å². The average molecular weight is 410 g/mol. The Balaban J connectivity index is 1.73. The minimum Gasteiger partial charge on any atom is -0.344 e. The standard InChI is InChI=1S/C22H23N3O3S/c1-15-7-6-9-20(16(15)2)25-29(27,28)19-12-10-18(11-13-19)22(26)24-17(3)21-8-4-5-14-23-21/h4-14,17,25H,1-3H3,(H,24,26)/t17-/m1/s1. The fourth-order valence-electron chi connectivity index (χ4n) is 2.84. The third kappa shape index (κ3) is 4.81. The number of nitrogens with zero attached hydrogens (tertiary/aromatic N) is 1. The van der Waals surface area contributed by atoms with Crippen molar-refractivity contribution >= 4 is 21.6 Å². The number of hydrogen-bond donors (Lipinski definition) is 2. The monoisotopic (exact) mass is 409 g/mol. The van der Waals surface area contributed by atoms with Gasteiger partial charge in [-0.2, -0.15) is 0 Å². The molecule has 0 unspecified atom stereocenters. The molecule has 0 aliphatic heterocycles. The molecule has 7 heteroatoms. The lowest BCUT2D eigenvalue weighted by atomic mass is 10.1.